The molecule has 1 fully saturated rings. The number of pyridine rings is 1. The third-order valence-corrected chi connectivity index (χ3v) is 3.50. The van der Waals surface area contributed by atoms with Crippen LogP contribution < -0.4 is 5.32 Å². The number of hydrogen-bond donors (Lipinski definition) is 1. The van der Waals surface area contributed by atoms with Crippen molar-refractivity contribution in [3.63, 3.8) is 0 Å². The van der Waals surface area contributed by atoms with Crippen LogP contribution in [0.2, 0.25) is 0 Å². The summed E-state index contributed by atoms with van der Waals surface area (Å²) < 4.78 is 0.768. The molecule has 0 radical (unpaired) electrons. The second kappa shape index (κ2) is 6.85. The monoisotopic (exact) mass is 311 g/mol. The predicted octanol–water partition coefficient (Wildman–Crippen LogP) is 1.60. The van der Waals surface area contributed by atoms with Crippen molar-refractivity contribution in [2.75, 3.05) is 26.2 Å². The first-order chi connectivity index (χ1) is 8.74. The normalized spacial score (nSPS) is 15.8. The van der Waals surface area contributed by atoms with Crippen LogP contribution in [0.5, 0.6) is 0 Å². The lowest BCUT2D eigenvalue weighted by Gasteiger charge is -2.14. The molecular weight excluding hydrogens is 294 g/mol. The summed E-state index contributed by atoms with van der Waals surface area (Å²) in [7, 11) is 0. The second-order valence-corrected chi connectivity index (χ2v) is 5.34. The van der Waals surface area contributed by atoms with Crippen molar-refractivity contribution in [3.8, 4) is 0 Å². The molecule has 0 saturated carbocycles. The van der Waals surface area contributed by atoms with E-state index in [1.54, 1.807) is 0 Å². The van der Waals surface area contributed by atoms with E-state index >= 15 is 0 Å². The number of hydrogen-bond acceptors (Lipinski definition) is 3. The van der Waals surface area contributed by atoms with Gasteiger partial charge in [0, 0.05) is 13.1 Å². The minimum absolute atomic E-state index is 0.0415. The van der Waals surface area contributed by atoms with Crippen molar-refractivity contribution >= 4 is 21.8 Å². The second-order valence-electron chi connectivity index (χ2n) is 4.53. The Morgan fingerprint density at radius 3 is 2.89 bits per heavy atom. The lowest BCUT2D eigenvalue weighted by atomic mass is 10.2. The number of halogens is 1. The van der Waals surface area contributed by atoms with Crippen LogP contribution in [0.1, 0.15) is 18.5 Å². The molecule has 1 aliphatic heterocycles. The van der Waals surface area contributed by atoms with E-state index in [0.717, 1.165) is 23.4 Å². The number of carbonyl (C=O) groups excluding carboxylic acids is 1. The zero-order valence-corrected chi connectivity index (χ0v) is 11.9. The highest BCUT2D eigenvalue weighted by Gasteiger charge is 2.11. The van der Waals surface area contributed by atoms with Crippen LogP contribution in [-0.2, 0) is 11.2 Å². The average molecular weight is 312 g/mol. The molecule has 1 N–H and O–H groups in total. The van der Waals surface area contributed by atoms with Gasteiger partial charge in [-0.05, 0) is 54.0 Å². The van der Waals surface area contributed by atoms with Crippen molar-refractivity contribution in [3.05, 3.63) is 28.5 Å². The quantitative estimate of drug-likeness (QED) is 0.840. The van der Waals surface area contributed by atoms with Gasteiger partial charge >= 0.3 is 0 Å². The number of likely N-dealkylation sites (tertiary alicyclic amines) is 1. The fourth-order valence-electron chi connectivity index (χ4n) is 2.14. The maximum atomic E-state index is 11.7. The van der Waals surface area contributed by atoms with Gasteiger partial charge in [-0.3, -0.25) is 4.79 Å². The largest absolute Gasteiger partial charge is 0.354 e. The van der Waals surface area contributed by atoms with E-state index in [-0.39, 0.29) is 5.91 Å². The third kappa shape index (κ3) is 4.38. The zero-order valence-electron chi connectivity index (χ0n) is 10.4. The number of nitrogens with zero attached hydrogens (tertiary/aromatic N) is 2. The first kappa shape index (κ1) is 13.5. The Morgan fingerprint density at radius 2 is 2.17 bits per heavy atom. The van der Waals surface area contributed by atoms with Gasteiger partial charge in [0.2, 0.25) is 5.91 Å². The van der Waals surface area contributed by atoms with Gasteiger partial charge in [0.1, 0.15) is 4.60 Å². The maximum absolute atomic E-state index is 11.7. The maximum Gasteiger partial charge on any atom is 0.226 e. The van der Waals surface area contributed by atoms with Crippen molar-refractivity contribution in [1.29, 1.82) is 0 Å². The molecule has 4 nitrogen and oxygen atoms in total. The lowest BCUT2D eigenvalue weighted by Crippen LogP contribution is -2.34. The highest BCUT2D eigenvalue weighted by atomic mass is 79.9. The number of nitrogens with one attached hydrogen (secondary N) is 1. The molecule has 1 saturated heterocycles. The molecule has 1 aliphatic rings. The summed E-state index contributed by atoms with van der Waals surface area (Å²) in [5.74, 6) is 0.0415. The summed E-state index contributed by atoms with van der Waals surface area (Å²) in [4.78, 5) is 18.3. The summed E-state index contributed by atoms with van der Waals surface area (Å²) in [6.45, 7) is 4.02. The summed E-state index contributed by atoms with van der Waals surface area (Å²) in [6, 6.07) is 5.61. The van der Waals surface area contributed by atoms with Gasteiger partial charge in [-0.15, -0.1) is 0 Å². The Bertz CT molecular complexity index is 405. The number of amides is 1. The van der Waals surface area contributed by atoms with E-state index in [9.17, 15) is 4.79 Å². The third-order valence-electron chi connectivity index (χ3n) is 3.06. The van der Waals surface area contributed by atoms with Crippen LogP contribution in [0, 0.1) is 0 Å². The fourth-order valence-corrected chi connectivity index (χ4v) is 2.52. The van der Waals surface area contributed by atoms with Gasteiger partial charge in [0.15, 0.2) is 0 Å². The molecule has 0 aromatic carbocycles. The molecule has 2 rings (SSSR count). The minimum atomic E-state index is 0.0415. The van der Waals surface area contributed by atoms with Gasteiger partial charge in [-0.2, -0.15) is 0 Å². The molecule has 18 heavy (non-hydrogen) atoms. The van der Waals surface area contributed by atoms with E-state index in [1.807, 2.05) is 18.2 Å². The Hall–Kier alpha value is -0.940. The summed E-state index contributed by atoms with van der Waals surface area (Å²) in [6.07, 6.45) is 2.92. The van der Waals surface area contributed by atoms with E-state index in [1.165, 1.54) is 25.9 Å². The van der Waals surface area contributed by atoms with Gasteiger partial charge < -0.3 is 10.2 Å². The molecule has 1 aromatic heterocycles. The Morgan fingerprint density at radius 1 is 1.39 bits per heavy atom. The Labute approximate surface area is 116 Å². The number of aromatic nitrogens is 1. The molecule has 2 heterocycles. The van der Waals surface area contributed by atoms with Crippen LogP contribution in [0.15, 0.2) is 22.8 Å². The first-order valence-electron chi connectivity index (χ1n) is 6.34. The summed E-state index contributed by atoms with van der Waals surface area (Å²) in [5.41, 5.74) is 0.794. The topological polar surface area (TPSA) is 45.2 Å². The zero-order chi connectivity index (χ0) is 12.8. The van der Waals surface area contributed by atoms with Crippen LogP contribution in [0.3, 0.4) is 0 Å². The highest BCUT2D eigenvalue weighted by Crippen LogP contribution is 2.07. The van der Waals surface area contributed by atoms with Gasteiger partial charge in [-0.25, -0.2) is 4.98 Å². The van der Waals surface area contributed by atoms with Gasteiger partial charge in [0.25, 0.3) is 0 Å². The molecule has 5 heteroatoms. The van der Waals surface area contributed by atoms with Gasteiger partial charge in [-0.1, -0.05) is 6.07 Å². The first-order valence-corrected chi connectivity index (χ1v) is 7.14. The van der Waals surface area contributed by atoms with E-state index in [0.29, 0.717) is 6.42 Å². The molecule has 0 atom stereocenters. The summed E-state index contributed by atoms with van der Waals surface area (Å²) >= 11 is 3.30. The molecule has 1 aromatic rings. The van der Waals surface area contributed by atoms with Crippen molar-refractivity contribution < 1.29 is 4.79 Å². The van der Waals surface area contributed by atoms with Gasteiger partial charge in [0.05, 0.1) is 12.1 Å². The van der Waals surface area contributed by atoms with E-state index in [2.05, 4.69) is 31.1 Å². The smallest absolute Gasteiger partial charge is 0.226 e. The van der Waals surface area contributed by atoms with Crippen LogP contribution in [0.4, 0.5) is 0 Å². The van der Waals surface area contributed by atoms with Crippen LogP contribution >= 0.6 is 15.9 Å². The Kier molecular flexibility index (Phi) is 5.13. The standard InChI is InChI=1S/C13H18BrN3O/c14-12-5-3-4-11(16-12)10-13(18)15-6-9-17-7-1-2-8-17/h3-5H,1-2,6-10H2,(H,15,18). The van der Waals surface area contributed by atoms with Crippen molar-refractivity contribution in [1.82, 2.24) is 15.2 Å². The minimum Gasteiger partial charge on any atom is -0.354 e. The molecular formula is C13H18BrN3O. The predicted molar refractivity (Wildman–Crippen MR) is 74.3 cm³/mol. The molecule has 0 spiro atoms. The SMILES string of the molecule is O=C(Cc1cccc(Br)n1)NCCN1CCCC1. The van der Waals surface area contributed by atoms with E-state index in [4.69, 9.17) is 0 Å². The fraction of sp³-hybridized carbons (Fsp3) is 0.538. The lowest BCUT2D eigenvalue weighted by molar-refractivity contribution is -0.120. The Balaban J connectivity index is 1.68. The van der Waals surface area contributed by atoms with Crippen molar-refractivity contribution in [2.45, 2.75) is 19.3 Å². The molecule has 0 bridgehead atoms. The average Bonchev–Trinajstić information content (AvgIpc) is 2.82. The summed E-state index contributed by atoms with van der Waals surface area (Å²) in [5, 5.41) is 2.94. The van der Waals surface area contributed by atoms with Crippen LogP contribution in [0.25, 0.3) is 0 Å². The highest BCUT2D eigenvalue weighted by molar-refractivity contribution is 9.10. The molecule has 1 amide bonds. The van der Waals surface area contributed by atoms with E-state index < -0.39 is 0 Å². The van der Waals surface area contributed by atoms with Crippen molar-refractivity contribution in [2.24, 2.45) is 0 Å². The number of rotatable bonds is 5. The molecule has 0 unspecified atom stereocenters. The van der Waals surface area contributed by atoms with Crippen LogP contribution in [-0.4, -0.2) is 42.0 Å². The number of carbonyl (C=O) groups is 1. The molecule has 98 valence electrons. The molecule has 0 aliphatic carbocycles.